The van der Waals surface area contributed by atoms with E-state index in [0.717, 1.165) is 19.3 Å². The second kappa shape index (κ2) is 6.56. The molecule has 0 aromatic rings. The van der Waals surface area contributed by atoms with Gasteiger partial charge in [0.05, 0.1) is 0 Å². The lowest BCUT2D eigenvalue weighted by molar-refractivity contribution is -0.137. The fraction of sp³-hybridized carbons (Fsp3) is 0.875. The first-order valence-electron chi connectivity index (χ1n) is 4.53. The van der Waals surface area contributed by atoms with E-state index >= 15 is 0 Å². The molecule has 13 heavy (non-hydrogen) atoms. The molecule has 0 bridgehead atoms. The summed E-state index contributed by atoms with van der Waals surface area (Å²) in [6, 6.07) is 0. The van der Waals surface area contributed by atoms with Gasteiger partial charge in [-0.05, 0) is 19.3 Å². The van der Waals surface area contributed by atoms with E-state index < -0.39 is 5.97 Å². The highest BCUT2D eigenvalue weighted by molar-refractivity contribution is 8.13. The van der Waals surface area contributed by atoms with Gasteiger partial charge < -0.3 is 5.11 Å². The predicted molar refractivity (Wildman–Crippen MR) is 57.7 cm³/mol. The minimum Gasteiger partial charge on any atom is -0.481 e. The summed E-state index contributed by atoms with van der Waals surface area (Å²) in [5.41, 5.74) is 0. The molecule has 1 fully saturated rings. The molecule has 1 rings (SSSR count). The van der Waals surface area contributed by atoms with Crippen molar-refractivity contribution in [3.63, 3.8) is 0 Å². The Hall–Kier alpha value is 0.130. The van der Waals surface area contributed by atoms with Crippen molar-refractivity contribution in [2.75, 3.05) is 5.75 Å². The Morgan fingerprint density at radius 1 is 1.54 bits per heavy atom. The lowest BCUT2D eigenvalue weighted by Gasteiger charge is -2.20. The van der Waals surface area contributed by atoms with E-state index in [2.05, 4.69) is 4.13 Å². The number of rotatable bonds is 5. The van der Waals surface area contributed by atoms with Gasteiger partial charge in [-0.25, -0.2) is 4.13 Å². The van der Waals surface area contributed by atoms with Crippen molar-refractivity contribution in [1.82, 2.24) is 4.13 Å². The molecule has 1 aliphatic heterocycles. The zero-order valence-electron chi connectivity index (χ0n) is 7.49. The standard InChI is InChI=1S/C8H15NO2S2/c10-8(11)4-2-1-3-7-5-6-12-9-13-7/h7,9H,1-6H2,(H,10,11). The topological polar surface area (TPSA) is 49.3 Å². The number of carboxylic acids is 1. The van der Waals surface area contributed by atoms with Crippen LogP contribution in [0.4, 0.5) is 0 Å². The summed E-state index contributed by atoms with van der Waals surface area (Å²) < 4.78 is 3.20. The minimum atomic E-state index is -0.676. The summed E-state index contributed by atoms with van der Waals surface area (Å²) in [5, 5.41) is 9.12. The zero-order valence-corrected chi connectivity index (χ0v) is 9.12. The molecule has 1 saturated heterocycles. The van der Waals surface area contributed by atoms with Crippen molar-refractivity contribution in [3.05, 3.63) is 0 Å². The van der Waals surface area contributed by atoms with Crippen LogP contribution >= 0.6 is 23.9 Å². The number of unbranched alkanes of at least 4 members (excludes halogenated alkanes) is 1. The molecule has 3 nitrogen and oxygen atoms in total. The predicted octanol–water partition coefficient (Wildman–Crippen LogP) is 2.29. The Labute approximate surface area is 87.3 Å². The Morgan fingerprint density at radius 3 is 3.00 bits per heavy atom. The van der Waals surface area contributed by atoms with Crippen LogP contribution in [0.15, 0.2) is 0 Å². The van der Waals surface area contributed by atoms with Gasteiger partial charge in [-0.15, -0.1) is 0 Å². The van der Waals surface area contributed by atoms with Crippen LogP contribution < -0.4 is 4.13 Å². The van der Waals surface area contributed by atoms with Crippen LogP contribution in [0.1, 0.15) is 32.1 Å². The molecule has 1 heterocycles. The third kappa shape index (κ3) is 5.44. The van der Waals surface area contributed by atoms with Gasteiger partial charge in [0.1, 0.15) is 0 Å². The lowest BCUT2D eigenvalue weighted by atomic mass is 10.1. The maximum Gasteiger partial charge on any atom is 0.303 e. The minimum absolute atomic E-state index is 0.319. The van der Waals surface area contributed by atoms with Crippen LogP contribution in [-0.2, 0) is 4.79 Å². The molecule has 0 spiro atoms. The summed E-state index contributed by atoms with van der Waals surface area (Å²) in [5.74, 6) is 0.501. The molecule has 1 atom stereocenters. The third-order valence-corrected chi connectivity index (χ3v) is 4.08. The number of nitrogens with one attached hydrogen (secondary N) is 1. The Kier molecular flexibility index (Phi) is 5.66. The van der Waals surface area contributed by atoms with Crippen molar-refractivity contribution in [1.29, 1.82) is 0 Å². The Morgan fingerprint density at radius 2 is 2.38 bits per heavy atom. The average Bonchev–Trinajstić information content (AvgIpc) is 2.14. The Bertz CT molecular complexity index is 160. The van der Waals surface area contributed by atoms with Crippen molar-refractivity contribution >= 4 is 29.9 Å². The molecule has 0 aliphatic carbocycles. The first-order valence-corrected chi connectivity index (χ1v) is 6.40. The highest BCUT2D eigenvalue weighted by atomic mass is 32.2. The molecular weight excluding hydrogens is 206 g/mol. The molecule has 0 aromatic heterocycles. The number of aliphatic carboxylic acids is 1. The van der Waals surface area contributed by atoms with E-state index in [1.54, 1.807) is 23.9 Å². The summed E-state index contributed by atoms with van der Waals surface area (Å²) in [6.07, 6.45) is 4.57. The highest BCUT2D eigenvalue weighted by Gasteiger charge is 2.13. The molecule has 0 aromatic carbocycles. The number of hydrogen-bond donors (Lipinski definition) is 2. The van der Waals surface area contributed by atoms with Crippen LogP contribution in [0, 0.1) is 0 Å². The maximum absolute atomic E-state index is 10.2. The molecule has 5 heteroatoms. The molecule has 1 aliphatic rings. The molecule has 76 valence electrons. The monoisotopic (exact) mass is 221 g/mol. The SMILES string of the molecule is O=C(O)CCCCC1CCSNS1. The van der Waals surface area contributed by atoms with E-state index in [9.17, 15) is 4.79 Å². The van der Waals surface area contributed by atoms with E-state index in [0.29, 0.717) is 11.7 Å². The first-order chi connectivity index (χ1) is 6.29. The van der Waals surface area contributed by atoms with Gasteiger partial charge in [-0.3, -0.25) is 4.79 Å². The van der Waals surface area contributed by atoms with Gasteiger partial charge in [0, 0.05) is 17.4 Å². The van der Waals surface area contributed by atoms with Gasteiger partial charge in [0.15, 0.2) is 0 Å². The summed E-state index contributed by atoms with van der Waals surface area (Å²) in [4.78, 5) is 10.2. The third-order valence-electron chi connectivity index (χ3n) is 1.98. The van der Waals surface area contributed by atoms with E-state index in [-0.39, 0.29) is 0 Å². The summed E-state index contributed by atoms with van der Waals surface area (Å²) in [6.45, 7) is 0. The molecule has 0 radical (unpaired) electrons. The van der Waals surface area contributed by atoms with Gasteiger partial charge >= 0.3 is 5.97 Å². The van der Waals surface area contributed by atoms with Crippen LogP contribution in [0.3, 0.4) is 0 Å². The Balaban J connectivity index is 1.95. The molecule has 1 unspecified atom stereocenters. The van der Waals surface area contributed by atoms with E-state index in [4.69, 9.17) is 5.11 Å². The largest absolute Gasteiger partial charge is 0.481 e. The van der Waals surface area contributed by atoms with Crippen LogP contribution in [0.2, 0.25) is 0 Å². The average molecular weight is 221 g/mol. The normalized spacial score (nSPS) is 22.9. The molecular formula is C8H15NO2S2. The second-order valence-electron chi connectivity index (χ2n) is 3.10. The molecule has 0 saturated carbocycles. The van der Waals surface area contributed by atoms with Crippen molar-refractivity contribution in [2.45, 2.75) is 37.4 Å². The molecule has 0 amide bonds. The number of carbonyl (C=O) groups is 1. The van der Waals surface area contributed by atoms with Gasteiger partial charge in [-0.1, -0.05) is 30.3 Å². The maximum atomic E-state index is 10.2. The van der Waals surface area contributed by atoms with Crippen molar-refractivity contribution in [3.8, 4) is 0 Å². The first kappa shape index (κ1) is 11.2. The van der Waals surface area contributed by atoms with E-state index in [1.807, 2.05) is 0 Å². The lowest BCUT2D eigenvalue weighted by Crippen LogP contribution is -2.15. The zero-order chi connectivity index (χ0) is 9.52. The highest BCUT2D eigenvalue weighted by Crippen LogP contribution is 2.26. The van der Waals surface area contributed by atoms with Gasteiger partial charge in [-0.2, -0.15) is 0 Å². The fourth-order valence-corrected chi connectivity index (χ4v) is 3.47. The van der Waals surface area contributed by atoms with Crippen LogP contribution in [0.25, 0.3) is 0 Å². The number of hydrogen-bond acceptors (Lipinski definition) is 4. The van der Waals surface area contributed by atoms with Gasteiger partial charge in [0.25, 0.3) is 0 Å². The second-order valence-corrected chi connectivity index (χ2v) is 5.37. The summed E-state index contributed by atoms with van der Waals surface area (Å²) >= 11 is 3.55. The van der Waals surface area contributed by atoms with Gasteiger partial charge in [0.2, 0.25) is 0 Å². The fourth-order valence-electron chi connectivity index (χ4n) is 1.24. The number of carboxylic acid groups (broad SMARTS) is 1. The van der Waals surface area contributed by atoms with Crippen LogP contribution in [-0.4, -0.2) is 22.1 Å². The quantitative estimate of drug-likeness (QED) is 0.551. The molecule has 2 N–H and O–H groups in total. The van der Waals surface area contributed by atoms with Crippen molar-refractivity contribution in [2.24, 2.45) is 0 Å². The summed E-state index contributed by atoms with van der Waals surface area (Å²) in [7, 11) is 0. The van der Waals surface area contributed by atoms with Crippen LogP contribution in [0.5, 0.6) is 0 Å². The smallest absolute Gasteiger partial charge is 0.303 e. The van der Waals surface area contributed by atoms with E-state index in [1.165, 1.54) is 12.2 Å². The van der Waals surface area contributed by atoms with Crippen molar-refractivity contribution < 1.29 is 9.90 Å².